The highest BCUT2D eigenvalue weighted by molar-refractivity contribution is 7.88. The highest BCUT2D eigenvalue weighted by atomic mass is 32.2. The Bertz CT molecular complexity index is 248. The fraction of sp³-hybridized carbons (Fsp3) is 0.800. The molecule has 0 saturated carbocycles. The summed E-state index contributed by atoms with van der Waals surface area (Å²) in [4.78, 5) is 10.4. The van der Waals surface area contributed by atoms with Gasteiger partial charge in [-0.05, 0) is 12.2 Å². The van der Waals surface area contributed by atoms with Crippen LogP contribution in [0.15, 0.2) is 0 Å². The first-order valence-electron chi connectivity index (χ1n) is 3.18. The van der Waals surface area contributed by atoms with Crippen LogP contribution in [-0.4, -0.2) is 37.5 Å². The van der Waals surface area contributed by atoms with Gasteiger partial charge in [-0.1, -0.05) is 0 Å². The minimum absolute atomic E-state index is 0.172. The van der Waals surface area contributed by atoms with Crippen LogP contribution in [0, 0.1) is 0 Å². The molecule has 0 aliphatic heterocycles. The second-order valence-corrected chi connectivity index (χ2v) is 4.52. The van der Waals surface area contributed by atoms with Crippen LogP contribution in [0.5, 0.6) is 0 Å². The zero-order chi connectivity index (χ0) is 9.78. The maximum atomic E-state index is 10.6. The first kappa shape index (κ1) is 11.7. The highest BCUT2D eigenvalue weighted by Gasteiger charge is 2.19. The molecule has 2 N–H and O–H groups in total. The molecule has 1 unspecified atom stereocenters. The van der Waals surface area contributed by atoms with Crippen molar-refractivity contribution in [1.82, 2.24) is 4.72 Å². The number of rotatable bonds is 5. The van der Waals surface area contributed by atoms with Gasteiger partial charge in [0.25, 0.3) is 0 Å². The van der Waals surface area contributed by atoms with Crippen LogP contribution in [0.1, 0.15) is 6.42 Å². The van der Waals surface area contributed by atoms with Crippen molar-refractivity contribution in [2.24, 2.45) is 0 Å². The number of carbonyl (C=O) groups is 1. The average Bonchev–Trinajstić information content (AvgIpc) is 1.83. The Balaban J connectivity index is 4.24. The predicted octanol–water partition coefficient (Wildman–Crippen LogP) is -0.691. The van der Waals surface area contributed by atoms with Crippen molar-refractivity contribution in [3.05, 3.63) is 0 Å². The fourth-order valence-corrected chi connectivity index (χ4v) is 1.61. The lowest BCUT2D eigenvalue weighted by Crippen LogP contribution is -2.40. The van der Waals surface area contributed by atoms with Gasteiger partial charge in [0.2, 0.25) is 10.0 Å². The third kappa shape index (κ3) is 5.39. The van der Waals surface area contributed by atoms with Crippen molar-refractivity contribution < 1.29 is 18.3 Å². The third-order valence-corrected chi connectivity index (χ3v) is 2.04. The van der Waals surface area contributed by atoms with Gasteiger partial charge in [-0.25, -0.2) is 13.1 Å². The van der Waals surface area contributed by atoms with Gasteiger partial charge in [-0.3, -0.25) is 4.79 Å². The molecule has 0 aromatic rings. The fourth-order valence-electron chi connectivity index (χ4n) is 0.620. The van der Waals surface area contributed by atoms with Crippen molar-refractivity contribution in [2.45, 2.75) is 12.5 Å². The molecular formula is C5H11NO4S2. The molecule has 72 valence electrons. The molecule has 0 aliphatic carbocycles. The maximum absolute atomic E-state index is 10.6. The van der Waals surface area contributed by atoms with E-state index in [9.17, 15) is 13.2 Å². The molecule has 0 spiro atoms. The van der Waals surface area contributed by atoms with E-state index in [0.717, 1.165) is 6.26 Å². The van der Waals surface area contributed by atoms with E-state index in [4.69, 9.17) is 5.11 Å². The van der Waals surface area contributed by atoms with E-state index < -0.39 is 22.0 Å². The Morgan fingerprint density at radius 1 is 1.67 bits per heavy atom. The molecule has 0 rings (SSSR count). The highest BCUT2D eigenvalue weighted by Crippen LogP contribution is 1.96. The quantitative estimate of drug-likeness (QED) is 0.528. The first-order valence-corrected chi connectivity index (χ1v) is 5.70. The number of thiol groups is 1. The summed E-state index contributed by atoms with van der Waals surface area (Å²) < 4.78 is 23.2. The van der Waals surface area contributed by atoms with E-state index in [2.05, 4.69) is 12.6 Å². The second-order valence-electron chi connectivity index (χ2n) is 2.29. The topological polar surface area (TPSA) is 83.5 Å². The molecule has 0 aliphatic rings. The van der Waals surface area contributed by atoms with Crippen LogP contribution in [0.4, 0.5) is 0 Å². The van der Waals surface area contributed by atoms with Crippen molar-refractivity contribution >= 4 is 28.6 Å². The number of hydrogen-bond acceptors (Lipinski definition) is 4. The average molecular weight is 213 g/mol. The monoisotopic (exact) mass is 213 g/mol. The van der Waals surface area contributed by atoms with E-state index >= 15 is 0 Å². The zero-order valence-electron chi connectivity index (χ0n) is 6.52. The van der Waals surface area contributed by atoms with Crippen molar-refractivity contribution in [2.75, 3.05) is 12.0 Å². The lowest BCUT2D eigenvalue weighted by Gasteiger charge is -2.10. The molecule has 0 aromatic carbocycles. The normalized spacial score (nSPS) is 14.2. The van der Waals surface area contributed by atoms with Crippen LogP contribution in [-0.2, 0) is 14.8 Å². The molecule has 5 nitrogen and oxygen atoms in total. The maximum Gasteiger partial charge on any atom is 0.321 e. The summed E-state index contributed by atoms with van der Waals surface area (Å²) in [5.41, 5.74) is 0. The van der Waals surface area contributed by atoms with E-state index in [1.54, 1.807) is 0 Å². The molecule has 0 radical (unpaired) electrons. The number of carboxylic acids is 1. The van der Waals surface area contributed by atoms with Gasteiger partial charge in [0, 0.05) is 0 Å². The molecule has 0 fully saturated rings. The van der Waals surface area contributed by atoms with Gasteiger partial charge in [0.05, 0.1) is 6.26 Å². The van der Waals surface area contributed by atoms with Crippen molar-refractivity contribution in [3.8, 4) is 0 Å². The standard InChI is InChI=1S/C5H11NO4S2/c1-12(9,10)6-4(2-3-11)5(7)8/h4,6,11H,2-3H2,1H3,(H,7,8). The Kier molecular flexibility index (Phi) is 4.58. The summed E-state index contributed by atoms with van der Waals surface area (Å²) in [6.45, 7) is 0. The summed E-state index contributed by atoms with van der Waals surface area (Å²) in [7, 11) is -3.46. The Morgan fingerprint density at radius 3 is 2.42 bits per heavy atom. The first-order chi connectivity index (χ1) is 5.37. The van der Waals surface area contributed by atoms with Gasteiger partial charge in [-0.15, -0.1) is 0 Å². The third-order valence-electron chi connectivity index (χ3n) is 1.07. The lowest BCUT2D eigenvalue weighted by atomic mass is 10.2. The Labute approximate surface area is 76.6 Å². The van der Waals surface area contributed by atoms with Crippen LogP contribution >= 0.6 is 12.6 Å². The number of hydrogen-bond donors (Lipinski definition) is 3. The largest absolute Gasteiger partial charge is 0.480 e. The zero-order valence-corrected chi connectivity index (χ0v) is 8.23. The Hall–Kier alpha value is -0.270. The summed E-state index contributed by atoms with van der Waals surface area (Å²) in [6.07, 6.45) is 1.09. The Morgan fingerprint density at radius 2 is 2.17 bits per heavy atom. The number of carboxylic acid groups (broad SMARTS) is 1. The molecule has 0 bridgehead atoms. The molecular weight excluding hydrogens is 202 g/mol. The van der Waals surface area contributed by atoms with Gasteiger partial charge in [-0.2, -0.15) is 12.6 Å². The minimum Gasteiger partial charge on any atom is -0.480 e. The van der Waals surface area contributed by atoms with E-state index in [1.165, 1.54) is 0 Å². The summed E-state index contributed by atoms with van der Waals surface area (Å²) in [6, 6.07) is -1.07. The van der Waals surface area contributed by atoms with Crippen LogP contribution in [0.2, 0.25) is 0 Å². The molecule has 0 heterocycles. The predicted molar refractivity (Wildman–Crippen MR) is 47.9 cm³/mol. The molecule has 7 heteroatoms. The van der Waals surface area contributed by atoms with Crippen molar-refractivity contribution in [1.29, 1.82) is 0 Å². The SMILES string of the molecule is CS(=O)(=O)NC(CCS)C(=O)O. The van der Waals surface area contributed by atoms with Gasteiger partial charge in [0.1, 0.15) is 6.04 Å². The number of nitrogens with one attached hydrogen (secondary N) is 1. The molecule has 1 atom stereocenters. The van der Waals surface area contributed by atoms with E-state index in [0.29, 0.717) is 5.75 Å². The summed E-state index contributed by atoms with van der Waals surface area (Å²) in [5, 5.41) is 8.51. The van der Waals surface area contributed by atoms with Gasteiger partial charge in [0.15, 0.2) is 0 Å². The summed E-state index contributed by atoms with van der Waals surface area (Å²) in [5.74, 6) is -0.867. The lowest BCUT2D eigenvalue weighted by molar-refractivity contribution is -0.139. The second kappa shape index (κ2) is 4.68. The minimum atomic E-state index is -3.46. The number of sulfonamides is 1. The van der Waals surface area contributed by atoms with E-state index in [-0.39, 0.29) is 6.42 Å². The smallest absolute Gasteiger partial charge is 0.321 e. The van der Waals surface area contributed by atoms with Crippen LogP contribution < -0.4 is 4.72 Å². The van der Waals surface area contributed by atoms with Crippen molar-refractivity contribution in [3.63, 3.8) is 0 Å². The van der Waals surface area contributed by atoms with Gasteiger partial charge < -0.3 is 5.11 Å². The molecule has 0 saturated heterocycles. The van der Waals surface area contributed by atoms with Crippen LogP contribution in [0.25, 0.3) is 0 Å². The molecule has 0 amide bonds. The van der Waals surface area contributed by atoms with E-state index in [1.807, 2.05) is 4.72 Å². The summed E-state index contributed by atoms with van der Waals surface area (Å²) >= 11 is 3.81. The van der Waals surface area contributed by atoms with Crippen LogP contribution in [0.3, 0.4) is 0 Å². The molecule has 12 heavy (non-hydrogen) atoms. The number of aliphatic carboxylic acids is 1. The van der Waals surface area contributed by atoms with Gasteiger partial charge >= 0.3 is 5.97 Å². The molecule has 0 aromatic heterocycles.